The quantitative estimate of drug-likeness (QED) is 0.295. The molecule has 0 radical (unpaired) electrons. The van der Waals surface area contributed by atoms with E-state index in [1.165, 1.54) is 4.90 Å². The number of benzene rings is 2. The van der Waals surface area contributed by atoms with Crippen molar-refractivity contribution in [1.82, 2.24) is 25.2 Å². The van der Waals surface area contributed by atoms with Gasteiger partial charge in [0, 0.05) is 50.8 Å². The molecule has 1 unspecified atom stereocenters. The molecule has 2 aliphatic heterocycles. The second-order valence-corrected chi connectivity index (χ2v) is 12.5. The van der Waals surface area contributed by atoms with Gasteiger partial charge in [-0.1, -0.05) is 48.0 Å². The fourth-order valence-electron chi connectivity index (χ4n) is 5.21. The maximum atomic E-state index is 13.8. The van der Waals surface area contributed by atoms with Crippen LogP contribution in [0.25, 0.3) is 0 Å². The van der Waals surface area contributed by atoms with Crippen LogP contribution in [0.3, 0.4) is 0 Å². The zero-order valence-corrected chi connectivity index (χ0v) is 24.4. The minimum Gasteiger partial charge on any atom is -0.350 e. The van der Waals surface area contributed by atoms with Crippen molar-refractivity contribution >= 4 is 39.3 Å². The molecule has 0 spiro atoms. The monoisotopic (exact) mass is 604 g/mol. The van der Waals surface area contributed by atoms with Gasteiger partial charge < -0.3 is 26.2 Å². The lowest BCUT2D eigenvalue weighted by atomic mass is 10.1. The molecule has 5 N–H and O–H groups in total. The van der Waals surface area contributed by atoms with E-state index in [4.69, 9.17) is 17.3 Å². The van der Waals surface area contributed by atoms with E-state index < -0.39 is 28.0 Å². The van der Waals surface area contributed by atoms with Gasteiger partial charge in [0.1, 0.15) is 12.1 Å². The fraction of sp³-hybridized carbons (Fsp3) is 0.464. The number of rotatable bonds is 11. The molecule has 4 rings (SSSR count). The van der Waals surface area contributed by atoms with Crippen LogP contribution < -0.4 is 21.1 Å². The van der Waals surface area contributed by atoms with Gasteiger partial charge in [0.05, 0.1) is 12.2 Å². The Morgan fingerprint density at radius 2 is 1.78 bits per heavy atom. The van der Waals surface area contributed by atoms with Crippen molar-refractivity contribution in [3.8, 4) is 0 Å². The summed E-state index contributed by atoms with van der Waals surface area (Å²) in [6.45, 7) is 2.93. The first-order valence-corrected chi connectivity index (χ1v) is 15.8. The van der Waals surface area contributed by atoms with Crippen molar-refractivity contribution in [2.24, 2.45) is 5.73 Å². The first-order valence-electron chi connectivity index (χ1n) is 13.7. The van der Waals surface area contributed by atoms with E-state index >= 15 is 0 Å². The van der Waals surface area contributed by atoms with Gasteiger partial charge in [0.15, 0.2) is 0 Å². The van der Waals surface area contributed by atoms with E-state index in [9.17, 15) is 22.8 Å². The number of carbonyl (C=O) groups is 3. The highest BCUT2D eigenvalue weighted by molar-refractivity contribution is 7.88. The number of nitrogens with two attached hydrogens (primary N) is 1. The van der Waals surface area contributed by atoms with Gasteiger partial charge in [0.2, 0.25) is 27.7 Å². The number of hydrogen-bond donors (Lipinski definition) is 4. The number of amides is 3. The molecule has 0 bridgehead atoms. The van der Waals surface area contributed by atoms with Crippen molar-refractivity contribution in [3.63, 3.8) is 0 Å². The summed E-state index contributed by atoms with van der Waals surface area (Å²) in [7, 11) is -3.99. The van der Waals surface area contributed by atoms with Gasteiger partial charge in [-0.25, -0.2) is 13.1 Å². The van der Waals surface area contributed by atoms with Crippen molar-refractivity contribution in [3.05, 3.63) is 70.2 Å². The minimum atomic E-state index is -3.99. The maximum Gasteiger partial charge on any atom is 0.243 e. The second kappa shape index (κ2) is 14.2. The molecule has 2 fully saturated rings. The van der Waals surface area contributed by atoms with Crippen molar-refractivity contribution in [1.29, 1.82) is 0 Å². The Bertz CT molecular complexity index is 1340. The highest BCUT2D eigenvalue weighted by Gasteiger charge is 2.39. The van der Waals surface area contributed by atoms with Crippen molar-refractivity contribution in [2.45, 2.75) is 50.2 Å². The van der Waals surface area contributed by atoms with Crippen LogP contribution in [0, 0.1) is 0 Å². The first-order chi connectivity index (χ1) is 19.7. The summed E-state index contributed by atoms with van der Waals surface area (Å²) in [4.78, 5) is 43.2. The Morgan fingerprint density at radius 3 is 2.49 bits per heavy atom. The van der Waals surface area contributed by atoms with E-state index in [0.29, 0.717) is 49.6 Å². The Labute approximate surface area is 245 Å². The molecule has 2 aromatic carbocycles. The number of sulfonamides is 1. The summed E-state index contributed by atoms with van der Waals surface area (Å²) < 4.78 is 28.8. The smallest absolute Gasteiger partial charge is 0.243 e. The SMILES string of the molecule is NCc1ccc(Cl)cc1CNC(=O)[C@@H]1CCCN1C(=O)C(CC(=O)N1CCNCC1)NS(=O)(=O)Cc1ccccc1. The topological polar surface area (TPSA) is 154 Å². The van der Waals surface area contributed by atoms with Gasteiger partial charge in [0.25, 0.3) is 0 Å². The molecule has 2 aromatic rings. The summed E-state index contributed by atoms with van der Waals surface area (Å²) in [5, 5.41) is 6.56. The van der Waals surface area contributed by atoms with Gasteiger partial charge in [-0.3, -0.25) is 14.4 Å². The number of hydrogen-bond acceptors (Lipinski definition) is 7. The maximum absolute atomic E-state index is 13.8. The molecule has 2 atom stereocenters. The predicted molar refractivity (Wildman–Crippen MR) is 156 cm³/mol. The standard InChI is InChI=1S/C28H37ClN6O5S/c29-23-9-8-21(17-30)22(15-23)18-32-27(37)25-7-4-12-35(25)28(38)24(16-26(36)34-13-10-31-11-14-34)33-41(39,40)19-20-5-2-1-3-6-20/h1-3,5-6,8-9,15,24-25,31,33H,4,7,10-14,16-19,30H2,(H,32,37)/t24?,25-/m0/s1. The molecule has 2 aliphatic rings. The number of carbonyl (C=O) groups excluding carboxylic acids is 3. The van der Waals surface area contributed by atoms with Crippen molar-refractivity contribution in [2.75, 3.05) is 32.7 Å². The lowest BCUT2D eigenvalue weighted by molar-refractivity contribution is -0.142. The first kappa shape index (κ1) is 30.9. The molecule has 11 nitrogen and oxygen atoms in total. The molecular formula is C28H37ClN6O5S. The van der Waals surface area contributed by atoms with Crippen LogP contribution in [0.2, 0.25) is 5.02 Å². The number of nitrogens with one attached hydrogen (secondary N) is 3. The summed E-state index contributed by atoms with van der Waals surface area (Å²) >= 11 is 6.12. The van der Waals surface area contributed by atoms with E-state index in [-0.39, 0.29) is 43.6 Å². The average Bonchev–Trinajstić information content (AvgIpc) is 3.46. The van der Waals surface area contributed by atoms with Crippen LogP contribution in [0.4, 0.5) is 0 Å². The van der Waals surface area contributed by atoms with Crippen LogP contribution in [0.15, 0.2) is 48.5 Å². The third-order valence-electron chi connectivity index (χ3n) is 7.35. The summed E-state index contributed by atoms with van der Waals surface area (Å²) in [5.41, 5.74) is 7.99. The summed E-state index contributed by atoms with van der Waals surface area (Å²) in [5.74, 6) is -1.61. The van der Waals surface area contributed by atoms with Crippen LogP contribution in [-0.2, 0) is 43.2 Å². The molecule has 3 amide bonds. The third-order valence-corrected chi connectivity index (χ3v) is 8.94. The summed E-state index contributed by atoms with van der Waals surface area (Å²) in [6, 6.07) is 11.7. The molecule has 0 saturated carbocycles. The molecular weight excluding hydrogens is 568 g/mol. The van der Waals surface area contributed by atoms with Gasteiger partial charge in [-0.05, 0) is 41.7 Å². The average molecular weight is 605 g/mol. The molecule has 2 heterocycles. The number of nitrogens with zero attached hydrogens (tertiary/aromatic N) is 2. The lowest BCUT2D eigenvalue weighted by Crippen LogP contribution is -2.55. The van der Waals surface area contributed by atoms with Gasteiger partial charge >= 0.3 is 0 Å². The second-order valence-electron chi connectivity index (χ2n) is 10.3. The van der Waals surface area contributed by atoms with Crippen LogP contribution in [0.5, 0.6) is 0 Å². The van der Waals surface area contributed by atoms with Gasteiger partial charge in [-0.2, -0.15) is 0 Å². The third kappa shape index (κ3) is 8.49. The van der Waals surface area contributed by atoms with Crippen LogP contribution in [-0.4, -0.2) is 80.7 Å². The Kier molecular flexibility index (Phi) is 10.7. The Hall–Kier alpha value is -3.03. The number of likely N-dealkylation sites (tertiary alicyclic amines) is 1. The normalized spacial score (nSPS) is 18.2. The van der Waals surface area contributed by atoms with Gasteiger partial charge in [-0.15, -0.1) is 0 Å². The number of halogens is 1. The lowest BCUT2D eigenvalue weighted by Gasteiger charge is -2.31. The van der Waals surface area contributed by atoms with E-state index in [0.717, 1.165) is 11.1 Å². The largest absolute Gasteiger partial charge is 0.350 e. The highest BCUT2D eigenvalue weighted by atomic mass is 35.5. The van der Waals surface area contributed by atoms with Crippen LogP contribution in [0.1, 0.15) is 36.0 Å². The van der Waals surface area contributed by atoms with E-state index in [1.54, 1.807) is 53.4 Å². The zero-order valence-electron chi connectivity index (χ0n) is 22.9. The highest BCUT2D eigenvalue weighted by Crippen LogP contribution is 2.21. The molecule has 0 aromatic heterocycles. The summed E-state index contributed by atoms with van der Waals surface area (Å²) in [6.07, 6.45) is 0.663. The zero-order chi connectivity index (χ0) is 29.4. The molecule has 13 heteroatoms. The van der Waals surface area contributed by atoms with E-state index in [1.807, 2.05) is 0 Å². The van der Waals surface area contributed by atoms with Crippen LogP contribution >= 0.6 is 11.6 Å². The predicted octanol–water partition coefficient (Wildman–Crippen LogP) is 0.716. The van der Waals surface area contributed by atoms with Crippen molar-refractivity contribution < 1.29 is 22.8 Å². The van der Waals surface area contributed by atoms with E-state index in [2.05, 4.69) is 15.4 Å². The molecule has 2 saturated heterocycles. The fourth-order valence-corrected chi connectivity index (χ4v) is 6.74. The number of piperazine rings is 1. The Morgan fingerprint density at radius 1 is 1.05 bits per heavy atom. The molecule has 0 aliphatic carbocycles. The Balaban J connectivity index is 1.49. The minimum absolute atomic E-state index is 0.180. The molecule has 222 valence electrons. The molecule has 41 heavy (non-hydrogen) atoms.